The number of aromatic nitrogens is 2. The number of fused-ring (bicyclic) bond motifs is 1. The van der Waals surface area contributed by atoms with Gasteiger partial charge in [0, 0.05) is 23.3 Å². The second-order valence-corrected chi connectivity index (χ2v) is 6.86. The Morgan fingerprint density at radius 3 is 3.04 bits per heavy atom. The maximum Gasteiger partial charge on any atom is 0.255 e. The number of carbonyl (C=O) groups excluding carboxylic acids is 1. The summed E-state index contributed by atoms with van der Waals surface area (Å²) < 4.78 is 1.78. The van der Waals surface area contributed by atoms with Crippen molar-refractivity contribution >= 4 is 23.2 Å². The Morgan fingerprint density at radius 2 is 2.15 bits per heavy atom. The number of nitrogens with zero attached hydrogens (tertiary/aromatic N) is 2. The molecule has 1 aromatic heterocycles. The maximum absolute atomic E-state index is 12.5. The third kappa shape index (κ3) is 3.79. The average molecular weight is 367 g/mol. The Morgan fingerprint density at radius 1 is 1.23 bits per heavy atom. The van der Waals surface area contributed by atoms with E-state index in [0.29, 0.717) is 22.8 Å². The largest absolute Gasteiger partial charge is 0.319 e. The van der Waals surface area contributed by atoms with E-state index in [1.165, 1.54) is 11.1 Å². The summed E-state index contributed by atoms with van der Waals surface area (Å²) in [6, 6.07) is 13.5. The van der Waals surface area contributed by atoms with E-state index in [4.69, 9.17) is 11.6 Å². The van der Waals surface area contributed by atoms with E-state index in [9.17, 15) is 4.79 Å². The third-order valence-electron chi connectivity index (χ3n) is 4.48. The summed E-state index contributed by atoms with van der Waals surface area (Å²) in [7, 11) is 0. The van der Waals surface area contributed by atoms with Gasteiger partial charge in [0.25, 0.3) is 5.91 Å². The van der Waals surface area contributed by atoms with Crippen molar-refractivity contribution < 1.29 is 4.79 Å². The third-order valence-corrected chi connectivity index (χ3v) is 4.71. The molecule has 26 heavy (non-hydrogen) atoms. The number of anilines is 1. The molecule has 2 aromatic carbocycles. The number of carbonyl (C=O) groups is 1. The van der Waals surface area contributed by atoms with Crippen LogP contribution in [0.2, 0.25) is 5.02 Å². The van der Waals surface area contributed by atoms with Crippen LogP contribution in [0.5, 0.6) is 0 Å². The summed E-state index contributed by atoms with van der Waals surface area (Å²) in [5.41, 5.74) is 4.92. The second-order valence-electron chi connectivity index (χ2n) is 6.42. The van der Waals surface area contributed by atoms with E-state index in [2.05, 4.69) is 15.7 Å². The molecule has 0 bridgehead atoms. The van der Waals surface area contributed by atoms with Gasteiger partial charge in [0.1, 0.15) is 0 Å². The van der Waals surface area contributed by atoms with Gasteiger partial charge in [0.15, 0.2) is 0 Å². The highest BCUT2D eigenvalue weighted by Gasteiger charge is 2.13. The first-order valence-corrected chi connectivity index (χ1v) is 8.96. The summed E-state index contributed by atoms with van der Waals surface area (Å²) in [6.45, 7) is 2.42. The number of amides is 1. The second kappa shape index (κ2) is 7.32. The van der Waals surface area contributed by atoms with Crippen molar-refractivity contribution in [2.75, 3.05) is 11.9 Å². The Bertz CT molecular complexity index is 950. The number of hydrogen-bond donors (Lipinski definition) is 2. The molecule has 4 rings (SSSR count). The Kier molecular flexibility index (Phi) is 4.73. The average Bonchev–Trinajstić information content (AvgIpc) is 3.08. The van der Waals surface area contributed by atoms with Gasteiger partial charge in [0.05, 0.1) is 18.4 Å². The van der Waals surface area contributed by atoms with E-state index in [-0.39, 0.29) is 5.91 Å². The van der Waals surface area contributed by atoms with Gasteiger partial charge in [-0.15, -0.1) is 0 Å². The topological polar surface area (TPSA) is 59.0 Å². The fourth-order valence-electron chi connectivity index (χ4n) is 3.16. The lowest BCUT2D eigenvalue weighted by Gasteiger charge is -2.17. The van der Waals surface area contributed by atoms with Crippen LogP contribution in [0.15, 0.2) is 54.9 Å². The van der Waals surface area contributed by atoms with Crippen LogP contribution in [-0.2, 0) is 19.5 Å². The van der Waals surface area contributed by atoms with E-state index in [0.717, 1.165) is 25.1 Å². The van der Waals surface area contributed by atoms with Crippen molar-refractivity contribution in [2.24, 2.45) is 0 Å². The van der Waals surface area contributed by atoms with E-state index < -0.39 is 0 Å². The van der Waals surface area contributed by atoms with Crippen LogP contribution >= 0.6 is 11.6 Å². The van der Waals surface area contributed by atoms with Gasteiger partial charge in [0.2, 0.25) is 0 Å². The summed E-state index contributed by atoms with van der Waals surface area (Å²) in [5, 5.41) is 11.3. The van der Waals surface area contributed by atoms with Crippen LogP contribution < -0.4 is 10.6 Å². The lowest BCUT2D eigenvalue weighted by Crippen LogP contribution is -2.24. The molecule has 0 spiro atoms. The molecule has 2 heterocycles. The molecule has 0 saturated heterocycles. The predicted molar refractivity (Wildman–Crippen MR) is 103 cm³/mol. The van der Waals surface area contributed by atoms with E-state index in [1.54, 1.807) is 10.9 Å². The zero-order valence-corrected chi connectivity index (χ0v) is 15.0. The van der Waals surface area contributed by atoms with Gasteiger partial charge in [-0.25, -0.2) is 0 Å². The molecule has 0 unspecified atom stereocenters. The first kappa shape index (κ1) is 16.8. The van der Waals surface area contributed by atoms with Crippen molar-refractivity contribution in [1.29, 1.82) is 0 Å². The summed E-state index contributed by atoms with van der Waals surface area (Å²) >= 11 is 6.01. The van der Waals surface area contributed by atoms with Gasteiger partial charge in [-0.05, 0) is 53.9 Å². The minimum Gasteiger partial charge on any atom is -0.319 e. The molecule has 1 amide bonds. The number of halogens is 1. The highest BCUT2D eigenvalue weighted by molar-refractivity contribution is 6.30. The molecule has 5 nitrogen and oxygen atoms in total. The quantitative estimate of drug-likeness (QED) is 0.743. The van der Waals surface area contributed by atoms with Crippen LogP contribution in [-0.4, -0.2) is 22.2 Å². The molecule has 2 N–H and O–H groups in total. The van der Waals surface area contributed by atoms with Crippen molar-refractivity contribution in [3.8, 4) is 0 Å². The molecule has 0 aliphatic carbocycles. The predicted octanol–water partition coefficient (Wildman–Crippen LogP) is 3.48. The normalized spacial score (nSPS) is 13.3. The lowest BCUT2D eigenvalue weighted by molar-refractivity contribution is 0.102. The van der Waals surface area contributed by atoms with Crippen molar-refractivity contribution in [2.45, 2.75) is 19.5 Å². The molecule has 3 aromatic rings. The van der Waals surface area contributed by atoms with Gasteiger partial charge < -0.3 is 10.6 Å². The molecule has 1 aliphatic heterocycles. The fourth-order valence-corrected chi connectivity index (χ4v) is 3.37. The molecule has 132 valence electrons. The van der Waals surface area contributed by atoms with Crippen molar-refractivity contribution in [3.05, 3.63) is 82.1 Å². The summed E-state index contributed by atoms with van der Waals surface area (Å²) in [4.78, 5) is 12.5. The van der Waals surface area contributed by atoms with Crippen LogP contribution in [0.3, 0.4) is 0 Å². The zero-order chi connectivity index (χ0) is 17.9. The number of benzene rings is 2. The summed E-state index contributed by atoms with van der Waals surface area (Å²) in [6.07, 6.45) is 4.43. The molecule has 0 atom stereocenters. The van der Waals surface area contributed by atoms with Crippen molar-refractivity contribution in [1.82, 2.24) is 15.1 Å². The SMILES string of the molecule is O=C(Nc1cnn(Cc2cccc(Cl)c2)c1)c1ccc2c(c1)CCNC2. The van der Waals surface area contributed by atoms with Gasteiger partial charge >= 0.3 is 0 Å². The van der Waals surface area contributed by atoms with Crippen LogP contribution in [0.4, 0.5) is 5.69 Å². The zero-order valence-electron chi connectivity index (χ0n) is 14.2. The monoisotopic (exact) mass is 366 g/mol. The molecular formula is C20H19ClN4O. The maximum atomic E-state index is 12.5. The van der Waals surface area contributed by atoms with Gasteiger partial charge in [-0.3, -0.25) is 9.48 Å². The highest BCUT2D eigenvalue weighted by atomic mass is 35.5. The van der Waals surface area contributed by atoms with Crippen LogP contribution in [0.25, 0.3) is 0 Å². The first-order chi connectivity index (χ1) is 12.7. The highest BCUT2D eigenvalue weighted by Crippen LogP contribution is 2.18. The Labute approximate surface area is 157 Å². The number of rotatable bonds is 4. The van der Waals surface area contributed by atoms with E-state index >= 15 is 0 Å². The van der Waals surface area contributed by atoms with Gasteiger partial charge in [-0.2, -0.15) is 5.10 Å². The standard InChI is InChI=1S/C20H19ClN4O/c21-18-3-1-2-14(8-18)12-25-13-19(11-23-25)24-20(26)16-4-5-17-10-22-7-6-15(17)9-16/h1-5,8-9,11,13,22H,6-7,10,12H2,(H,24,26). The number of hydrogen-bond acceptors (Lipinski definition) is 3. The summed E-state index contributed by atoms with van der Waals surface area (Å²) in [5.74, 6) is -0.117. The van der Waals surface area contributed by atoms with Crippen molar-refractivity contribution in [3.63, 3.8) is 0 Å². The van der Waals surface area contributed by atoms with E-state index in [1.807, 2.05) is 48.7 Å². The lowest BCUT2D eigenvalue weighted by atomic mass is 9.98. The molecule has 1 aliphatic rings. The molecular weight excluding hydrogens is 348 g/mol. The van der Waals surface area contributed by atoms with Crippen LogP contribution in [0.1, 0.15) is 27.0 Å². The Balaban J connectivity index is 1.44. The Hall–Kier alpha value is -2.63. The molecule has 0 fully saturated rings. The molecule has 0 radical (unpaired) electrons. The molecule has 0 saturated carbocycles. The van der Waals surface area contributed by atoms with Crippen LogP contribution in [0, 0.1) is 0 Å². The molecule has 6 heteroatoms. The minimum absolute atomic E-state index is 0.117. The number of nitrogens with one attached hydrogen (secondary N) is 2. The minimum atomic E-state index is -0.117. The smallest absolute Gasteiger partial charge is 0.255 e. The fraction of sp³-hybridized carbons (Fsp3) is 0.200. The van der Waals surface area contributed by atoms with Gasteiger partial charge in [-0.1, -0.05) is 29.8 Å². The first-order valence-electron chi connectivity index (χ1n) is 8.58.